The molecule has 26 heavy (non-hydrogen) atoms. The van der Waals surface area contributed by atoms with Crippen molar-refractivity contribution in [2.45, 2.75) is 31.8 Å². The third-order valence-electron chi connectivity index (χ3n) is 5.21. The Balaban J connectivity index is 1.49. The summed E-state index contributed by atoms with van der Waals surface area (Å²) in [6, 6.07) is 15.0. The lowest BCUT2D eigenvalue weighted by Gasteiger charge is -2.34. The number of piperidine rings is 1. The molecule has 5 heteroatoms. The van der Waals surface area contributed by atoms with E-state index in [-0.39, 0.29) is 11.8 Å². The van der Waals surface area contributed by atoms with E-state index in [4.69, 9.17) is 17.3 Å². The van der Waals surface area contributed by atoms with Crippen molar-refractivity contribution >= 4 is 23.2 Å². The van der Waals surface area contributed by atoms with Gasteiger partial charge in [-0.25, -0.2) is 0 Å². The molecule has 1 aliphatic rings. The van der Waals surface area contributed by atoms with Gasteiger partial charge in [0.15, 0.2) is 0 Å². The summed E-state index contributed by atoms with van der Waals surface area (Å²) in [6.45, 7) is 1.39. The van der Waals surface area contributed by atoms with Crippen molar-refractivity contribution in [2.75, 3.05) is 18.8 Å². The molecule has 0 saturated carbocycles. The highest BCUT2D eigenvalue weighted by molar-refractivity contribution is 6.30. The van der Waals surface area contributed by atoms with Crippen LogP contribution in [-0.2, 0) is 11.2 Å². The Hall–Kier alpha value is -2.04. The van der Waals surface area contributed by atoms with Crippen LogP contribution in [0.4, 0.5) is 5.69 Å². The first-order chi connectivity index (χ1) is 12.5. The minimum Gasteiger partial charge on any atom is -0.399 e. The fraction of sp³-hybridized carbons (Fsp3) is 0.381. The summed E-state index contributed by atoms with van der Waals surface area (Å²) in [5, 5.41) is 11.3. The molecule has 4 nitrogen and oxygen atoms in total. The van der Waals surface area contributed by atoms with Crippen molar-refractivity contribution in [3.05, 3.63) is 64.7 Å². The normalized spacial score (nSPS) is 16.5. The molecule has 2 aromatic rings. The number of aliphatic hydroxyl groups excluding tert-OH is 1. The van der Waals surface area contributed by atoms with Crippen LogP contribution >= 0.6 is 11.6 Å². The number of rotatable bonds is 5. The SMILES string of the molecule is Nc1ccccc1CCC(=O)N1CCC(C(O)c2ccc(Cl)cc2)CC1. The molecule has 0 aliphatic carbocycles. The van der Waals surface area contributed by atoms with Gasteiger partial charge in [-0.2, -0.15) is 0 Å². The number of carbonyl (C=O) groups excluding carboxylic acids is 1. The number of nitrogen functional groups attached to an aromatic ring is 1. The molecule has 1 fully saturated rings. The highest BCUT2D eigenvalue weighted by atomic mass is 35.5. The Kier molecular flexibility index (Phi) is 6.17. The Morgan fingerprint density at radius 1 is 1.15 bits per heavy atom. The second-order valence-corrected chi connectivity index (χ2v) is 7.35. The third kappa shape index (κ3) is 4.57. The molecular weight excluding hydrogens is 348 g/mol. The lowest BCUT2D eigenvalue weighted by Crippen LogP contribution is -2.39. The van der Waals surface area contributed by atoms with Crippen LogP contribution in [0.5, 0.6) is 0 Å². The smallest absolute Gasteiger partial charge is 0.222 e. The number of aryl methyl sites for hydroxylation is 1. The van der Waals surface area contributed by atoms with Gasteiger partial charge in [-0.15, -0.1) is 0 Å². The van der Waals surface area contributed by atoms with Crippen LogP contribution in [0, 0.1) is 5.92 Å². The van der Waals surface area contributed by atoms with Gasteiger partial charge >= 0.3 is 0 Å². The number of hydrogen-bond donors (Lipinski definition) is 2. The predicted octanol–water partition coefficient (Wildman–Crippen LogP) is 3.83. The molecule has 3 N–H and O–H groups in total. The van der Waals surface area contributed by atoms with E-state index in [9.17, 15) is 9.90 Å². The number of amides is 1. The second-order valence-electron chi connectivity index (χ2n) is 6.91. The molecule has 1 heterocycles. The maximum Gasteiger partial charge on any atom is 0.222 e. The second kappa shape index (κ2) is 8.56. The summed E-state index contributed by atoms with van der Waals surface area (Å²) in [5.74, 6) is 0.331. The molecule has 1 amide bonds. The third-order valence-corrected chi connectivity index (χ3v) is 5.47. The van der Waals surface area contributed by atoms with Gasteiger partial charge < -0.3 is 15.7 Å². The van der Waals surface area contributed by atoms with Crippen LogP contribution in [0.3, 0.4) is 0 Å². The van der Waals surface area contributed by atoms with E-state index in [2.05, 4.69) is 0 Å². The number of hydrogen-bond acceptors (Lipinski definition) is 3. The van der Waals surface area contributed by atoms with Gasteiger partial charge in [0.05, 0.1) is 6.10 Å². The molecule has 138 valence electrons. The highest BCUT2D eigenvalue weighted by Crippen LogP contribution is 2.31. The maximum atomic E-state index is 12.5. The zero-order valence-electron chi connectivity index (χ0n) is 14.8. The molecular formula is C21H25ClN2O2. The van der Waals surface area contributed by atoms with Crippen LogP contribution in [0.2, 0.25) is 5.02 Å². The number of para-hydroxylation sites is 1. The van der Waals surface area contributed by atoms with E-state index >= 15 is 0 Å². The van der Waals surface area contributed by atoms with Gasteiger partial charge in [0.25, 0.3) is 0 Å². The van der Waals surface area contributed by atoms with Crippen molar-refractivity contribution in [1.82, 2.24) is 4.90 Å². The largest absolute Gasteiger partial charge is 0.399 e. The molecule has 1 unspecified atom stereocenters. The van der Waals surface area contributed by atoms with Crippen LogP contribution in [-0.4, -0.2) is 29.0 Å². The molecule has 0 bridgehead atoms. The fourth-order valence-electron chi connectivity index (χ4n) is 3.56. The Bertz CT molecular complexity index is 740. The number of nitrogens with zero attached hydrogens (tertiary/aromatic N) is 1. The van der Waals surface area contributed by atoms with E-state index in [1.54, 1.807) is 12.1 Å². The predicted molar refractivity (Wildman–Crippen MR) is 105 cm³/mol. The molecule has 1 aliphatic heterocycles. The summed E-state index contributed by atoms with van der Waals surface area (Å²) < 4.78 is 0. The van der Waals surface area contributed by atoms with Crippen LogP contribution in [0.15, 0.2) is 48.5 Å². The summed E-state index contributed by atoms with van der Waals surface area (Å²) >= 11 is 5.91. The molecule has 1 atom stereocenters. The summed E-state index contributed by atoms with van der Waals surface area (Å²) in [7, 11) is 0. The van der Waals surface area contributed by atoms with Crippen molar-refractivity contribution < 1.29 is 9.90 Å². The molecule has 3 rings (SSSR count). The Morgan fingerprint density at radius 2 is 1.81 bits per heavy atom. The minimum atomic E-state index is -0.506. The van der Waals surface area contributed by atoms with Crippen molar-refractivity contribution in [2.24, 2.45) is 5.92 Å². The summed E-state index contributed by atoms with van der Waals surface area (Å²) in [4.78, 5) is 14.4. The van der Waals surface area contributed by atoms with Gasteiger partial charge in [-0.3, -0.25) is 4.79 Å². The van der Waals surface area contributed by atoms with E-state index in [1.165, 1.54) is 0 Å². The number of halogens is 1. The molecule has 1 saturated heterocycles. The zero-order chi connectivity index (χ0) is 18.5. The van der Waals surface area contributed by atoms with Crippen LogP contribution in [0.1, 0.15) is 36.5 Å². The molecule has 0 spiro atoms. The number of nitrogens with two attached hydrogens (primary N) is 1. The average molecular weight is 373 g/mol. The van der Waals surface area contributed by atoms with E-state index in [0.717, 1.165) is 29.7 Å². The monoisotopic (exact) mass is 372 g/mol. The van der Waals surface area contributed by atoms with Crippen molar-refractivity contribution in [3.8, 4) is 0 Å². The molecule has 0 aromatic heterocycles. The first kappa shape index (κ1) is 18.7. The average Bonchev–Trinajstić information content (AvgIpc) is 2.67. The minimum absolute atomic E-state index is 0.160. The quantitative estimate of drug-likeness (QED) is 0.784. The first-order valence-corrected chi connectivity index (χ1v) is 9.47. The van der Waals surface area contributed by atoms with Crippen LogP contribution < -0.4 is 5.73 Å². The van der Waals surface area contributed by atoms with Gasteiger partial charge in [-0.05, 0) is 54.5 Å². The van der Waals surface area contributed by atoms with E-state index in [1.807, 2.05) is 41.3 Å². The number of benzene rings is 2. The zero-order valence-corrected chi connectivity index (χ0v) is 15.5. The van der Waals surface area contributed by atoms with Gasteiger partial charge in [0.1, 0.15) is 0 Å². The Morgan fingerprint density at radius 3 is 2.46 bits per heavy atom. The van der Waals surface area contributed by atoms with Crippen LogP contribution in [0.25, 0.3) is 0 Å². The lowest BCUT2D eigenvalue weighted by molar-refractivity contribution is -0.133. The Labute approximate surface area is 159 Å². The summed E-state index contributed by atoms with van der Waals surface area (Å²) in [6.07, 6.45) is 2.25. The highest BCUT2D eigenvalue weighted by Gasteiger charge is 2.28. The van der Waals surface area contributed by atoms with Gasteiger partial charge in [0, 0.05) is 30.2 Å². The first-order valence-electron chi connectivity index (χ1n) is 9.09. The van der Waals surface area contributed by atoms with Gasteiger partial charge in [-0.1, -0.05) is 41.9 Å². The molecule has 2 aromatic carbocycles. The van der Waals surface area contributed by atoms with Crippen molar-refractivity contribution in [1.29, 1.82) is 0 Å². The topological polar surface area (TPSA) is 66.6 Å². The molecule has 0 radical (unpaired) electrons. The standard InChI is InChI=1S/C21H25ClN2O2/c22-18-8-5-16(6-9-18)21(26)17-11-13-24(14-12-17)20(25)10-7-15-3-1-2-4-19(15)23/h1-6,8-9,17,21,26H,7,10-14,23H2. The number of aliphatic hydroxyl groups is 1. The van der Waals surface area contributed by atoms with Crippen molar-refractivity contribution in [3.63, 3.8) is 0 Å². The lowest BCUT2D eigenvalue weighted by atomic mass is 9.87. The fourth-order valence-corrected chi connectivity index (χ4v) is 3.68. The maximum absolute atomic E-state index is 12.5. The summed E-state index contributed by atoms with van der Waals surface area (Å²) in [5.41, 5.74) is 8.59. The number of likely N-dealkylation sites (tertiary alicyclic amines) is 1. The number of anilines is 1. The number of carbonyl (C=O) groups is 1. The van der Waals surface area contributed by atoms with E-state index < -0.39 is 6.10 Å². The van der Waals surface area contributed by atoms with E-state index in [0.29, 0.717) is 31.0 Å². The van der Waals surface area contributed by atoms with Gasteiger partial charge in [0.2, 0.25) is 5.91 Å².